The van der Waals surface area contributed by atoms with Crippen LogP contribution in [0, 0.1) is 6.92 Å². The van der Waals surface area contributed by atoms with Gasteiger partial charge < -0.3 is 10.6 Å². The SMILES string of the molecule is Cc1ccc(C(=O)N(C)c2cccc(N)c2)cc1. The molecule has 0 spiro atoms. The summed E-state index contributed by atoms with van der Waals surface area (Å²) in [4.78, 5) is 13.9. The number of amides is 1. The van der Waals surface area contributed by atoms with E-state index in [1.165, 1.54) is 0 Å². The van der Waals surface area contributed by atoms with Crippen LogP contribution in [0.1, 0.15) is 15.9 Å². The third-order valence-corrected chi connectivity index (χ3v) is 2.86. The first-order valence-corrected chi connectivity index (χ1v) is 5.78. The fourth-order valence-corrected chi connectivity index (χ4v) is 1.74. The molecule has 18 heavy (non-hydrogen) atoms. The third-order valence-electron chi connectivity index (χ3n) is 2.86. The number of anilines is 2. The van der Waals surface area contributed by atoms with E-state index in [1.54, 1.807) is 24.1 Å². The molecule has 0 radical (unpaired) electrons. The van der Waals surface area contributed by atoms with Crippen molar-refractivity contribution in [3.05, 3.63) is 59.7 Å². The van der Waals surface area contributed by atoms with Gasteiger partial charge in [0.2, 0.25) is 0 Å². The van der Waals surface area contributed by atoms with E-state index >= 15 is 0 Å². The van der Waals surface area contributed by atoms with Crippen molar-refractivity contribution in [3.8, 4) is 0 Å². The van der Waals surface area contributed by atoms with Gasteiger partial charge in [-0.3, -0.25) is 4.79 Å². The van der Waals surface area contributed by atoms with E-state index in [2.05, 4.69) is 0 Å². The number of aryl methyl sites for hydroxylation is 1. The summed E-state index contributed by atoms with van der Waals surface area (Å²) in [5.74, 6) is -0.0411. The third kappa shape index (κ3) is 2.51. The van der Waals surface area contributed by atoms with Crippen LogP contribution in [-0.2, 0) is 0 Å². The van der Waals surface area contributed by atoms with Crippen LogP contribution in [0.2, 0.25) is 0 Å². The smallest absolute Gasteiger partial charge is 0.258 e. The molecule has 92 valence electrons. The van der Waals surface area contributed by atoms with Crippen molar-refractivity contribution in [3.63, 3.8) is 0 Å². The molecule has 0 aliphatic heterocycles. The van der Waals surface area contributed by atoms with Crippen molar-refractivity contribution >= 4 is 17.3 Å². The Hall–Kier alpha value is -2.29. The molecule has 0 unspecified atom stereocenters. The van der Waals surface area contributed by atoms with Gasteiger partial charge in [-0.2, -0.15) is 0 Å². The van der Waals surface area contributed by atoms with Gasteiger partial charge in [-0.1, -0.05) is 23.8 Å². The van der Waals surface area contributed by atoms with Gasteiger partial charge in [0.15, 0.2) is 0 Å². The lowest BCUT2D eigenvalue weighted by molar-refractivity contribution is 0.0993. The lowest BCUT2D eigenvalue weighted by Crippen LogP contribution is -2.26. The van der Waals surface area contributed by atoms with Crippen LogP contribution in [-0.4, -0.2) is 13.0 Å². The zero-order valence-corrected chi connectivity index (χ0v) is 10.6. The Labute approximate surface area is 107 Å². The van der Waals surface area contributed by atoms with Crippen LogP contribution in [0.4, 0.5) is 11.4 Å². The minimum atomic E-state index is -0.0411. The maximum atomic E-state index is 12.3. The van der Waals surface area contributed by atoms with Gasteiger partial charge in [-0.25, -0.2) is 0 Å². The Morgan fingerprint density at radius 2 is 1.78 bits per heavy atom. The number of benzene rings is 2. The van der Waals surface area contributed by atoms with E-state index in [4.69, 9.17) is 5.73 Å². The molecule has 2 aromatic rings. The molecule has 0 aliphatic carbocycles. The number of nitrogen functional groups attached to an aromatic ring is 1. The molecular formula is C15H16N2O. The van der Waals surface area contributed by atoms with Gasteiger partial charge in [-0.15, -0.1) is 0 Å². The van der Waals surface area contributed by atoms with Crippen LogP contribution < -0.4 is 10.6 Å². The molecule has 2 aromatic carbocycles. The fraction of sp³-hybridized carbons (Fsp3) is 0.133. The molecule has 0 atom stereocenters. The van der Waals surface area contributed by atoms with Crippen molar-refractivity contribution in [1.29, 1.82) is 0 Å². The minimum Gasteiger partial charge on any atom is -0.399 e. The Kier molecular flexibility index (Phi) is 3.33. The summed E-state index contributed by atoms with van der Waals surface area (Å²) < 4.78 is 0. The molecule has 1 amide bonds. The molecule has 0 heterocycles. The summed E-state index contributed by atoms with van der Waals surface area (Å²) in [5, 5.41) is 0. The topological polar surface area (TPSA) is 46.3 Å². The molecule has 0 aliphatic rings. The molecule has 0 bridgehead atoms. The average molecular weight is 240 g/mol. The molecule has 3 nitrogen and oxygen atoms in total. The van der Waals surface area contributed by atoms with Gasteiger partial charge in [0.1, 0.15) is 0 Å². The quantitative estimate of drug-likeness (QED) is 0.820. The normalized spacial score (nSPS) is 10.1. The van der Waals surface area contributed by atoms with E-state index < -0.39 is 0 Å². The second kappa shape index (κ2) is 4.92. The highest BCUT2D eigenvalue weighted by molar-refractivity contribution is 6.05. The molecular weight excluding hydrogens is 224 g/mol. The van der Waals surface area contributed by atoms with E-state index in [9.17, 15) is 4.79 Å². The highest BCUT2D eigenvalue weighted by Gasteiger charge is 2.13. The first-order chi connectivity index (χ1) is 8.58. The second-order valence-corrected chi connectivity index (χ2v) is 4.33. The summed E-state index contributed by atoms with van der Waals surface area (Å²) in [6, 6.07) is 14.8. The Balaban J connectivity index is 2.26. The van der Waals surface area contributed by atoms with Crippen LogP contribution in [0.5, 0.6) is 0 Å². The fourth-order valence-electron chi connectivity index (χ4n) is 1.74. The molecule has 2 rings (SSSR count). The standard InChI is InChI=1S/C15H16N2O/c1-11-6-8-12(9-7-11)15(18)17(2)14-5-3-4-13(16)10-14/h3-10H,16H2,1-2H3. The summed E-state index contributed by atoms with van der Waals surface area (Å²) in [7, 11) is 1.75. The Morgan fingerprint density at radius 1 is 1.11 bits per heavy atom. The maximum absolute atomic E-state index is 12.3. The maximum Gasteiger partial charge on any atom is 0.258 e. The molecule has 0 saturated heterocycles. The van der Waals surface area contributed by atoms with Crippen molar-refractivity contribution in [2.75, 3.05) is 17.7 Å². The predicted octanol–water partition coefficient (Wildman–Crippen LogP) is 2.85. The first-order valence-electron chi connectivity index (χ1n) is 5.78. The average Bonchev–Trinajstić information content (AvgIpc) is 2.38. The predicted molar refractivity (Wildman–Crippen MR) is 74.8 cm³/mol. The number of hydrogen-bond acceptors (Lipinski definition) is 2. The lowest BCUT2D eigenvalue weighted by atomic mass is 10.1. The molecule has 0 aromatic heterocycles. The zero-order valence-electron chi connectivity index (χ0n) is 10.6. The highest BCUT2D eigenvalue weighted by Crippen LogP contribution is 2.18. The van der Waals surface area contributed by atoms with E-state index in [-0.39, 0.29) is 5.91 Å². The van der Waals surface area contributed by atoms with E-state index in [0.29, 0.717) is 11.3 Å². The zero-order chi connectivity index (χ0) is 13.1. The number of nitrogens with zero attached hydrogens (tertiary/aromatic N) is 1. The Morgan fingerprint density at radius 3 is 2.39 bits per heavy atom. The monoisotopic (exact) mass is 240 g/mol. The van der Waals surface area contributed by atoms with Crippen molar-refractivity contribution in [1.82, 2.24) is 0 Å². The number of hydrogen-bond donors (Lipinski definition) is 1. The number of carbonyl (C=O) groups excluding carboxylic acids is 1. The minimum absolute atomic E-state index is 0.0411. The molecule has 0 fully saturated rings. The second-order valence-electron chi connectivity index (χ2n) is 4.33. The summed E-state index contributed by atoms with van der Waals surface area (Å²) in [5.41, 5.74) is 8.97. The molecule has 2 N–H and O–H groups in total. The van der Waals surface area contributed by atoms with Gasteiger partial charge in [0, 0.05) is 24.0 Å². The van der Waals surface area contributed by atoms with Crippen LogP contribution in [0.25, 0.3) is 0 Å². The van der Waals surface area contributed by atoms with Crippen molar-refractivity contribution in [2.45, 2.75) is 6.92 Å². The summed E-state index contributed by atoms with van der Waals surface area (Å²) >= 11 is 0. The van der Waals surface area contributed by atoms with E-state index in [0.717, 1.165) is 11.3 Å². The van der Waals surface area contributed by atoms with Gasteiger partial charge >= 0.3 is 0 Å². The lowest BCUT2D eigenvalue weighted by Gasteiger charge is -2.17. The summed E-state index contributed by atoms with van der Waals surface area (Å²) in [6.45, 7) is 2.00. The largest absolute Gasteiger partial charge is 0.399 e. The number of nitrogens with two attached hydrogens (primary N) is 1. The summed E-state index contributed by atoms with van der Waals surface area (Å²) in [6.07, 6.45) is 0. The van der Waals surface area contributed by atoms with Gasteiger partial charge in [0.05, 0.1) is 0 Å². The van der Waals surface area contributed by atoms with Crippen molar-refractivity contribution in [2.24, 2.45) is 0 Å². The highest BCUT2D eigenvalue weighted by atomic mass is 16.2. The molecule has 3 heteroatoms. The number of carbonyl (C=O) groups is 1. The van der Waals surface area contributed by atoms with Gasteiger partial charge in [0.25, 0.3) is 5.91 Å². The van der Waals surface area contributed by atoms with Gasteiger partial charge in [-0.05, 0) is 37.3 Å². The van der Waals surface area contributed by atoms with Crippen LogP contribution in [0.3, 0.4) is 0 Å². The van der Waals surface area contributed by atoms with E-state index in [1.807, 2.05) is 43.3 Å². The van der Waals surface area contributed by atoms with Crippen LogP contribution in [0.15, 0.2) is 48.5 Å². The molecule has 0 saturated carbocycles. The first kappa shape index (κ1) is 12.2. The Bertz CT molecular complexity index is 561. The van der Waals surface area contributed by atoms with Crippen LogP contribution >= 0.6 is 0 Å². The van der Waals surface area contributed by atoms with Crippen molar-refractivity contribution < 1.29 is 4.79 Å². The number of rotatable bonds is 2.